The van der Waals surface area contributed by atoms with Gasteiger partial charge in [0.15, 0.2) is 0 Å². The molecule has 0 aromatic heterocycles. The van der Waals surface area contributed by atoms with Crippen LogP contribution in [-0.2, 0) is 0 Å². The van der Waals surface area contributed by atoms with Crippen molar-refractivity contribution in [3.63, 3.8) is 0 Å². The second-order valence-corrected chi connectivity index (χ2v) is 24.6. The van der Waals surface area contributed by atoms with Gasteiger partial charge in [0.2, 0.25) is 0 Å². The van der Waals surface area contributed by atoms with Crippen LogP contribution >= 0.6 is 0 Å². The highest BCUT2D eigenvalue weighted by atomic mass is 29.3. The number of hydrazone groups is 1. The van der Waals surface area contributed by atoms with Gasteiger partial charge >= 0.3 is 0 Å². The molecule has 0 unspecified atom stereocenters. The van der Waals surface area contributed by atoms with Gasteiger partial charge in [0.25, 0.3) is 0 Å². The van der Waals surface area contributed by atoms with E-state index < -0.39 is 15.2 Å². The van der Waals surface area contributed by atoms with Crippen molar-refractivity contribution >= 4 is 43.1 Å². The smallest absolute Gasteiger partial charge is 0.0791 e. The van der Waals surface area contributed by atoms with E-state index in [0.717, 1.165) is 16.9 Å². The van der Waals surface area contributed by atoms with Gasteiger partial charge in [0.05, 0.1) is 32.8 Å². The first-order chi connectivity index (χ1) is 15.9. The average Bonchev–Trinajstić information content (AvgIpc) is 2.86. The van der Waals surface area contributed by atoms with E-state index >= 15 is 0 Å². The molecule has 0 aliphatic rings. The Hall–Kier alpha value is -3.22. The minimum Gasteiger partial charge on any atom is -0.234 e. The summed E-state index contributed by atoms with van der Waals surface area (Å²) in [5, 5.41) is 9.90. The molecule has 0 aliphatic heterocycles. The van der Waals surface area contributed by atoms with Crippen molar-refractivity contribution < 1.29 is 0 Å². The molecule has 0 radical (unpaired) electrons. The molecule has 0 heterocycles. The molecule has 0 bridgehead atoms. The van der Waals surface area contributed by atoms with Crippen LogP contribution in [-0.4, -0.2) is 21.4 Å². The van der Waals surface area contributed by atoms with Gasteiger partial charge in [-0.15, -0.1) is 0 Å². The van der Waals surface area contributed by atoms with E-state index in [4.69, 9.17) is 5.10 Å². The molecule has 2 nitrogen and oxygen atoms in total. The van der Waals surface area contributed by atoms with Gasteiger partial charge in [-0.25, -0.2) is 5.01 Å². The SMILES string of the molecule is C[Si](C)(c1ccccc1)[Si](C)(C)c1ccc(/C=N/N(c2ccccc2)c2ccccc2)cc1. The molecule has 0 saturated heterocycles. The summed E-state index contributed by atoms with van der Waals surface area (Å²) in [5.41, 5.74) is 3.20. The van der Waals surface area contributed by atoms with E-state index in [-0.39, 0.29) is 0 Å². The molecule has 4 aromatic rings. The molecule has 0 spiro atoms. The van der Waals surface area contributed by atoms with Crippen LogP contribution in [0.4, 0.5) is 11.4 Å². The van der Waals surface area contributed by atoms with Gasteiger partial charge in [-0.1, -0.05) is 128 Å². The van der Waals surface area contributed by atoms with Crippen molar-refractivity contribution in [1.82, 2.24) is 0 Å². The van der Waals surface area contributed by atoms with Crippen molar-refractivity contribution in [2.24, 2.45) is 5.10 Å². The molecule has 0 fully saturated rings. The molecule has 4 heteroatoms. The van der Waals surface area contributed by atoms with Crippen molar-refractivity contribution in [2.75, 3.05) is 5.01 Å². The van der Waals surface area contributed by atoms with Gasteiger partial charge in [-0.2, -0.15) is 5.10 Å². The fourth-order valence-corrected chi connectivity index (χ4v) is 12.9. The molecule has 4 rings (SSSR count). The Morgan fingerprint density at radius 1 is 0.515 bits per heavy atom. The van der Waals surface area contributed by atoms with E-state index in [2.05, 4.69) is 105 Å². The van der Waals surface area contributed by atoms with Crippen LogP contribution in [0.5, 0.6) is 0 Å². The highest BCUT2D eigenvalue weighted by molar-refractivity contribution is 7.49. The molecular formula is C29H32N2Si2. The van der Waals surface area contributed by atoms with Crippen molar-refractivity contribution in [3.05, 3.63) is 121 Å². The number of benzene rings is 4. The summed E-state index contributed by atoms with van der Waals surface area (Å²) in [6.07, 6.45) is 1.96. The van der Waals surface area contributed by atoms with Crippen molar-refractivity contribution in [2.45, 2.75) is 26.2 Å². The molecule has 4 aromatic carbocycles. The van der Waals surface area contributed by atoms with Gasteiger partial charge in [-0.05, 0) is 29.8 Å². The van der Waals surface area contributed by atoms with E-state index in [1.165, 1.54) is 5.19 Å². The number of anilines is 2. The monoisotopic (exact) mass is 464 g/mol. The van der Waals surface area contributed by atoms with Crippen LogP contribution in [0.2, 0.25) is 26.2 Å². The Labute approximate surface area is 200 Å². The zero-order valence-corrected chi connectivity index (χ0v) is 21.9. The zero-order chi connectivity index (χ0) is 23.3. The number of nitrogens with zero attached hydrogens (tertiary/aromatic N) is 2. The van der Waals surface area contributed by atoms with Gasteiger partial charge in [0, 0.05) is 0 Å². The van der Waals surface area contributed by atoms with Gasteiger partial charge in [0.1, 0.15) is 0 Å². The number of rotatable bonds is 7. The first-order valence-corrected chi connectivity index (χ1v) is 18.5. The third-order valence-corrected chi connectivity index (χ3v) is 24.8. The van der Waals surface area contributed by atoms with E-state index in [0.29, 0.717) is 0 Å². The number of hydrogen-bond acceptors (Lipinski definition) is 2. The zero-order valence-electron chi connectivity index (χ0n) is 19.9. The van der Waals surface area contributed by atoms with Crippen LogP contribution in [0.25, 0.3) is 0 Å². The first-order valence-electron chi connectivity index (χ1n) is 11.5. The molecule has 0 N–H and O–H groups in total. The highest BCUT2D eigenvalue weighted by Gasteiger charge is 2.43. The van der Waals surface area contributed by atoms with Gasteiger partial charge in [-0.3, -0.25) is 0 Å². The molecule has 166 valence electrons. The normalized spacial score (nSPS) is 12.1. The number of hydrogen-bond donors (Lipinski definition) is 0. The Morgan fingerprint density at radius 2 is 0.909 bits per heavy atom. The summed E-state index contributed by atoms with van der Waals surface area (Å²) in [5.74, 6) is 0. The van der Waals surface area contributed by atoms with E-state index in [9.17, 15) is 0 Å². The predicted molar refractivity (Wildman–Crippen MR) is 150 cm³/mol. The largest absolute Gasteiger partial charge is 0.234 e. The summed E-state index contributed by atoms with van der Waals surface area (Å²) >= 11 is 0. The van der Waals surface area contributed by atoms with Crippen molar-refractivity contribution in [1.29, 1.82) is 0 Å². The highest BCUT2D eigenvalue weighted by Crippen LogP contribution is 2.25. The lowest BCUT2D eigenvalue weighted by Crippen LogP contribution is -2.69. The average molecular weight is 465 g/mol. The third-order valence-electron chi connectivity index (χ3n) is 7.01. The fraction of sp³-hybridized carbons (Fsp3) is 0.138. The second kappa shape index (κ2) is 9.73. The maximum absolute atomic E-state index is 4.85. The maximum atomic E-state index is 4.85. The summed E-state index contributed by atoms with van der Waals surface area (Å²) < 4.78 is 0. The van der Waals surface area contributed by atoms with Crippen LogP contribution in [0.1, 0.15) is 5.56 Å². The molecule has 0 amide bonds. The fourth-order valence-electron chi connectivity index (χ4n) is 4.11. The van der Waals surface area contributed by atoms with E-state index in [1.807, 2.05) is 47.6 Å². The Bertz CT molecular complexity index is 1150. The minimum absolute atomic E-state index is 1.04. The number of para-hydroxylation sites is 2. The molecule has 0 saturated carbocycles. The van der Waals surface area contributed by atoms with E-state index in [1.54, 1.807) is 5.19 Å². The van der Waals surface area contributed by atoms with Crippen LogP contribution in [0, 0.1) is 0 Å². The van der Waals surface area contributed by atoms with Crippen LogP contribution in [0.15, 0.2) is 120 Å². The Balaban J connectivity index is 1.60. The maximum Gasteiger partial charge on any atom is 0.0791 e. The second-order valence-electron chi connectivity index (χ2n) is 9.47. The Kier molecular flexibility index (Phi) is 6.77. The Morgan fingerprint density at radius 3 is 1.36 bits per heavy atom. The first kappa shape index (κ1) is 23.0. The van der Waals surface area contributed by atoms with Crippen LogP contribution < -0.4 is 15.4 Å². The predicted octanol–water partition coefficient (Wildman–Crippen LogP) is 6.47. The molecule has 33 heavy (non-hydrogen) atoms. The topological polar surface area (TPSA) is 15.6 Å². The summed E-state index contributed by atoms with van der Waals surface area (Å²) in [6.45, 7) is 10.1. The molecule has 0 aliphatic carbocycles. The van der Waals surface area contributed by atoms with Crippen molar-refractivity contribution in [3.8, 4) is 0 Å². The summed E-state index contributed by atoms with van der Waals surface area (Å²) in [7, 11) is -3.23. The molecular weight excluding hydrogens is 433 g/mol. The molecule has 0 atom stereocenters. The quantitative estimate of drug-likeness (QED) is 0.174. The van der Waals surface area contributed by atoms with Crippen LogP contribution in [0.3, 0.4) is 0 Å². The lowest BCUT2D eigenvalue weighted by molar-refractivity contribution is 1.09. The minimum atomic E-state index is -1.64. The standard InChI is InChI=1S/C29H32N2Si2/c1-32(2,28-18-12-7-13-19-28)33(3,4)29-22-20-25(21-23-29)24-30-31(26-14-8-5-9-15-26)27-16-10-6-11-17-27/h5-24H,1-4H3/b30-24+. The lowest BCUT2D eigenvalue weighted by Gasteiger charge is -2.39. The third kappa shape index (κ3) is 4.92. The lowest BCUT2D eigenvalue weighted by atomic mass is 10.2. The van der Waals surface area contributed by atoms with Gasteiger partial charge < -0.3 is 0 Å². The summed E-state index contributed by atoms with van der Waals surface area (Å²) in [6, 6.07) is 40.8. The summed E-state index contributed by atoms with van der Waals surface area (Å²) in [4.78, 5) is 0.